The molecule has 0 unspecified atom stereocenters. The van der Waals surface area contributed by atoms with E-state index in [-0.39, 0.29) is 24.5 Å². The molecule has 1 aromatic carbocycles. The number of nitrogens with two attached hydrogens (primary N) is 2. The summed E-state index contributed by atoms with van der Waals surface area (Å²) in [5.74, 6) is -3.23. The maximum absolute atomic E-state index is 12.9. The third kappa shape index (κ3) is 2.60. The lowest BCUT2D eigenvalue weighted by atomic mass is 10.1. The summed E-state index contributed by atoms with van der Waals surface area (Å²) in [6.07, 6.45) is 0. The van der Waals surface area contributed by atoms with Gasteiger partial charge in [0.25, 0.3) is 0 Å². The Kier molecular flexibility index (Phi) is 4.90. The Bertz CT molecular complexity index is 320. The maximum Gasteiger partial charge on any atom is 0.161 e. The quantitative estimate of drug-likeness (QED) is 0.751. The van der Waals surface area contributed by atoms with Gasteiger partial charge in [-0.2, -0.15) is 0 Å². The van der Waals surface area contributed by atoms with Gasteiger partial charge in [-0.05, 0) is 6.07 Å². The van der Waals surface area contributed by atoms with Crippen LogP contribution in [0.2, 0.25) is 0 Å². The normalized spacial score (nSPS) is 12.1. The van der Waals surface area contributed by atoms with Gasteiger partial charge in [-0.3, -0.25) is 0 Å². The van der Waals surface area contributed by atoms with Crippen molar-refractivity contribution in [1.29, 1.82) is 0 Å². The summed E-state index contributed by atoms with van der Waals surface area (Å²) in [5.41, 5.74) is 10.4. The van der Waals surface area contributed by atoms with Crippen molar-refractivity contribution >= 4 is 12.4 Å². The molecular weight excluding hydrogens is 217 g/mol. The van der Waals surface area contributed by atoms with Gasteiger partial charge in [0.05, 0.1) is 0 Å². The highest BCUT2D eigenvalue weighted by atomic mass is 35.5. The summed E-state index contributed by atoms with van der Waals surface area (Å²) in [6.45, 7) is -0.0258. The van der Waals surface area contributed by atoms with Gasteiger partial charge >= 0.3 is 0 Å². The monoisotopic (exact) mass is 226 g/mol. The molecule has 1 rings (SSSR count). The summed E-state index contributed by atoms with van der Waals surface area (Å²) in [4.78, 5) is 0. The van der Waals surface area contributed by atoms with Crippen LogP contribution in [0, 0.1) is 17.5 Å². The molecule has 0 fully saturated rings. The molecule has 0 bridgehead atoms. The second-order valence-corrected chi connectivity index (χ2v) is 2.63. The van der Waals surface area contributed by atoms with Crippen molar-refractivity contribution in [2.75, 3.05) is 6.54 Å². The minimum atomic E-state index is -1.23. The van der Waals surface area contributed by atoms with Crippen LogP contribution >= 0.6 is 12.4 Å². The number of hydrogen-bond acceptors (Lipinski definition) is 2. The molecule has 1 atom stereocenters. The van der Waals surface area contributed by atoms with Gasteiger partial charge in [-0.15, -0.1) is 12.4 Å². The molecular formula is C8H10ClF3N2. The van der Waals surface area contributed by atoms with Crippen LogP contribution in [-0.4, -0.2) is 6.54 Å². The van der Waals surface area contributed by atoms with E-state index >= 15 is 0 Å². The maximum atomic E-state index is 12.9. The fourth-order valence-corrected chi connectivity index (χ4v) is 0.949. The molecule has 0 aliphatic rings. The van der Waals surface area contributed by atoms with Crippen LogP contribution in [0.3, 0.4) is 0 Å². The number of rotatable bonds is 2. The highest BCUT2D eigenvalue weighted by molar-refractivity contribution is 5.85. The van der Waals surface area contributed by atoms with Crippen molar-refractivity contribution in [3.63, 3.8) is 0 Å². The molecule has 0 heterocycles. The Labute approximate surface area is 85.5 Å². The first-order valence-corrected chi connectivity index (χ1v) is 3.66. The molecule has 6 heteroatoms. The minimum absolute atomic E-state index is 0. The van der Waals surface area contributed by atoms with E-state index in [0.717, 1.165) is 6.07 Å². The standard InChI is InChI=1S/C8H9F3N2.ClH/c9-5-2-7(11)6(10)1-4(5)8(13)3-12;/h1-2,8H,3,12-13H2;1H/t8-;/m1./s1. The molecule has 0 saturated carbocycles. The summed E-state index contributed by atoms with van der Waals surface area (Å²) < 4.78 is 38.0. The van der Waals surface area contributed by atoms with Crippen LogP contribution in [0.25, 0.3) is 0 Å². The van der Waals surface area contributed by atoms with Crippen molar-refractivity contribution in [1.82, 2.24) is 0 Å². The van der Waals surface area contributed by atoms with E-state index in [2.05, 4.69) is 0 Å². The second kappa shape index (κ2) is 5.19. The molecule has 0 radical (unpaired) electrons. The molecule has 1 aromatic rings. The van der Waals surface area contributed by atoms with Crippen molar-refractivity contribution in [2.24, 2.45) is 11.5 Å². The zero-order chi connectivity index (χ0) is 10.0. The van der Waals surface area contributed by atoms with Gasteiger partial charge in [0.2, 0.25) is 0 Å². The molecule has 0 amide bonds. The first kappa shape index (κ1) is 13.2. The third-order valence-corrected chi connectivity index (χ3v) is 1.69. The Morgan fingerprint density at radius 3 is 2.07 bits per heavy atom. The largest absolute Gasteiger partial charge is 0.329 e. The van der Waals surface area contributed by atoms with Gasteiger partial charge in [0, 0.05) is 24.2 Å². The first-order chi connectivity index (χ1) is 6.06. The Hall–Kier alpha value is -0.780. The van der Waals surface area contributed by atoms with E-state index in [1.54, 1.807) is 0 Å². The second-order valence-electron chi connectivity index (χ2n) is 2.63. The van der Waals surface area contributed by atoms with Crippen molar-refractivity contribution in [3.8, 4) is 0 Å². The Morgan fingerprint density at radius 1 is 1.07 bits per heavy atom. The molecule has 0 aliphatic carbocycles. The molecule has 0 spiro atoms. The molecule has 14 heavy (non-hydrogen) atoms. The molecule has 80 valence electrons. The van der Waals surface area contributed by atoms with Gasteiger partial charge in [0.15, 0.2) is 11.6 Å². The van der Waals surface area contributed by atoms with Crippen LogP contribution in [0.1, 0.15) is 11.6 Å². The van der Waals surface area contributed by atoms with Gasteiger partial charge < -0.3 is 11.5 Å². The smallest absolute Gasteiger partial charge is 0.161 e. The zero-order valence-electron chi connectivity index (χ0n) is 7.14. The van der Waals surface area contributed by atoms with Crippen LogP contribution in [-0.2, 0) is 0 Å². The van der Waals surface area contributed by atoms with Crippen LogP contribution in [0.4, 0.5) is 13.2 Å². The lowest BCUT2D eigenvalue weighted by Crippen LogP contribution is -2.22. The van der Waals surface area contributed by atoms with Gasteiger partial charge in [-0.1, -0.05) is 0 Å². The Balaban J connectivity index is 0.00000169. The fourth-order valence-electron chi connectivity index (χ4n) is 0.949. The van der Waals surface area contributed by atoms with Gasteiger partial charge in [-0.25, -0.2) is 13.2 Å². The number of halogens is 4. The predicted molar refractivity (Wildman–Crippen MR) is 49.5 cm³/mol. The van der Waals surface area contributed by atoms with Crippen LogP contribution in [0.15, 0.2) is 12.1 Å². The lowest BCUT2D eigenvalue weighted by molar-refractivity contribution is 0.485. The topological polar surface area (TPSA) is 52.0 Å². The van der Waals surface area contributed by atoms with E-state index in [1.165, 1.54) is 0 Å². The van der Waals surface area contributed by atoms with Crippen LogP contribution < -0.4 is 11.5 Å². The van der Waals surface area contributed by atoms with Crippen molar-refractivity contribution in [3.05, 3.63) is 35.1 Å². The molecule has 0 aliphatic heterocycles. The van der Waals surface area contributed by atoms with Crippen molar-refractivity contribution < 1.29 is 13.2 Å². The first-order valence-electron chi connectivity index (χ1n) is 3.66. The van der Waals surface area contributed by atoms with E-state index < -0.39 is 23.5 Å². The highest BCUT2D eigenvalue weighted by Gasteiger charge is 2.14. The van der Waals surface area contributed by atoms with E-state index in [4.69, 9.17) is 11.5 Å². The number of hydrogen-bond donors (Lipinski definition) is 2. The highest BCUT2D eigenvalue weighted by Crippen LogP contribution is 2.18. The summed E-state index contributed by atoms with van der Waals surface area (Å²) in [6, 6.07) is 0.373. The summed E-state index contributed by atoms with van der Waals surface area (Å²) in [7, 11) is 0. The van der Waals surface area contributed by atoms with Crippen molar-refractivity contribution in [2.45, 2.75) is 6.04 Å². The average Bonchev–Trinajstić information content (AvgIpc) is 2.10. The molecule has 4 N–H and O–H groups in total. The summed E-state index contributed by atoms with van der Waals surface area (Å²) >= 11 is 0. The number of benzene rings is 1. The third-order valence-electron chi connectivity index (χ3n) is 1.69. The molecule has 0 aromatic heterocycles. The lowest BCUT2D eigenvalue weighted by Gasteiger charge is -2.10. The fraction of sp³-hybridized carbons (Fsp3) is 0.250. The SMILES string of the molecule is Cl.NC[C@@H](N)c1cc(F)c(F)cc1F. The van der Waals surface area contributed by atoms with E-state index in [1.807, 2.05) is 0 Å². The molecule has 2 nitrogen and oxygen atoms in total. The average molecular weight is 227 g/mol. The Morgan fingerprint density at radius 2 is 1.57 bits per heavy atom. The van der Waals surface area contributed by atoms with Crippen LogP contribution in [0.5, 0.6) is 0 Å². The predicted octanol–water partition coefficient (Wildman–Crippen LogP) is 1.48. The molecule has 0 saturated heterocycles. The van der Waals surface area contributed by atoms with E-state index in [9.17, 15) is 13.2 Å². The van der Waals surface area contributed by atoms with Gasteiger partial charge in [0.1, 0.15) is 5.82 Å². The summed E-state index contributed by atoms with van der Waals surface area (Å²) in [5, 5.41) is 0. The zero-order valence-corrected chi connectivity index (χ0v) is 7.95. The van der Waals surface area contributed by atoms with E-state index in [0.29, 0.717) is 6.07 Å². The minimum Gasteiger partial charge on any atom is -0.329 e.